The van der Waals surface area contributed by atoms with E-state index in [0.717, 1.165) is 5.56 Å². The Hall–Kier alpha value is -2.89. The average molecular weight is 323 g/mol. The van der Waals surface area contributed by atoms with Gasteiger partial charge in [0.2, 0.25) is 5.91 Å². The van der Waals surface area contributed by atoms with E-state index < -0.39 is 0 Å². The first-order chi connectivity index (χ1) is 11.7. The Balaban J connectivity index is 1.49. The van der Waals surface area contributed by atoms with Crippen LogP contribution in [0.1, 0.15) is 29.3 Å². The third-order valence-electron chi connectivity index (χ3n) is 4.38. The monoisotopic (exact) mass is 323 g/mol. The van der Waals surface area contributed by atoms with Crippen LogP contribution < -0.4 is 0 Å². The minimum absolute atomic E-state index is 0.0472. The number of aromatic nitrogens is 2. The Morgan fingerprint density at radius 2 is 2.12 bits per heavy atom. The van der Waals surface area contributed by atoms with Crippen LogP contribution >= 0.6 is 0 Å². The molecule has 0 saturated carbocycles. The number of likely N-dealkylation sites (tertiary alicyclic amines) is 1. The summed E-state index contributed by atoms with van der Waals surface area (Å²) in [6.07, 6.45) is 1.96. The maximum absolute atomic E-state index is 12.3. The van der Waals surface area contributed by atoms with Gasteiger partial charge in [0.15, 0.2) is 11.6 Å². The molecular formula is C18H17N3O3. The lowest BCUT2D eigenvalue weighted by Crippen LogP contribution is -2.24. The summed E-state index contributed by atoms with van der Waals surface area (Å²) in [5.41, 5.74) is 2.35. The minimum Gasteiger partial charge on any atom is -0.459 e. The number of carbonyl (C=O) groups excluding carboxylic acids is 1. The molecule has 0 unspecified atom stereocenters. The van der Waals surface area contributed by atoms with Crippen molar-refractivity contribution >= 4 is 5.91 Å². The number of aryl methyl sites for hydroxylation is 1. The molecule has 2 aromatic heterocycles. The van der Waals surface area contributed by atoms with E-state index in [-0.39, 0.29) is 11.8 Å². The van der Waals surface area contributed by atoms with Crippen molar-refractivity contribution in [1.82, 2.24) is 15.0 Å². The van der Waals surface area contributed by atoms with Crippen LogP contribution in [0.5, 0.6) is 0 Å². The Labute approximate surface area is 139 Å². The Kier molecular flexibility index (Phi) is 3.65. The zero-order chi connectivity index (χ0) is 16.5. The molecule has 122 valence electrons. The highest BCUT2D eigenvalue weighted by molar-refractivity contribution is 5.79. The molecule has 0 bridgehead atoms. The van der Waals surface area contributed by atoms with Crippen LogP contribution in [0.25, 0.3) is 11.7 Å². The van der Waals surface area contributed by atoms with E-state index in [2.05, 4.69) is 29.2 Å². The molecule has 6 heteroatoms. The lowest BCUT2D eigenvalue weighted by Gasteiger charge is -2.17. The number of amides is 1. The first-order valence-electron chi connectivity index (χ1n) is 7.90. The molecule has 1 fully saturated rings. The van der Waals surface area contributed by atoms with E-state index in [1.54, 1.807) is 18.4 Å². The number of rotatable bonds is 4. The summed E-state index contributed by atoms with van der Waals surface area (Å²) in [6, 6.07) is 11.6. The van der Waals surface area contributed by atoms with Gasteiger partial charge in [-0.15, -0.1) is 0 Å². The molecule has 1 atom stereocenters. The lowest BCUT2D eigenvalue weighted by atomic mass is 10.1. The van der Waals surface area contributed by atoms with Gasteiger partial charge in [-0.25, -0.2) is 0 Å². The molecule has 1 aromatic carbocycles. The van der Waals surface area contributed by atoms with Crippen molar-refractivity contribution in [3.05, 3.63) is 59.6 Å². The zero-order valence-electron chi connectivity index (χ0n) is 13.3. The van der Waals surface area contributed by atoms with Gasteiger partial charge in [-0.05, 0) is 30.2 Å². The van der Waals surface area contributed by atoms with Gasteiger partial charge in [-0.1, -0.05) is 29.4 Å². The molecule has 1 saturated heterocycles. The molecule has 0 radical (unpaired) electrons. The van der Waals surface area contributed by atoms with E-state index >= 15 is 0 Å². The number of benzene rings is 1. The van der Waals surface area contributed by atoms with Crippen molar-refractivity contribution in [1.29, 1.82) is 0 Å². The number of nitrogens with zero attached hydrogens (tertiary/aromatic N) is 3. The second kappa shape index (κ2) is 5.96. The minimum atomic E-state index is -0.0472. The van der Waals surface area contributed by atoms with Gasteiger partial charge in [0.1, 0.15) is 0 Å². The first kappa shape index (κ1) is 14.7. The first-order valence-corrected chi connectivity index (χ1v) is 7.90. The summed E-state index contributed by atoms with van der Waals surface area (Å²) < 4.78 is 10.5. The molecule has 0 N–H and O–H groups in total. The quantitative estimate of drug-likeness (QED) is 0.737. The van der Waals surface area contributed by atoms with Gasteiger partial charge in [-0.2, -0.15) is 4.98 Å². The third kappa shape index (κ3) is 2.71. The van der Waals surface area contributed by atoms with Gasteiger partial charge in [0.05, 0.1) is 6.26 Å². The maximum Gasteiger partial charge on any atom is 0.293 e. The summed E-state index contributed by atoms with van der Waals surface area (Å²) in [5.74, 6) is 1.51. The number of carbonyl (C=O) groups is 1. The van der Waals surface area contributed by atoms with Crippen molar-refractivity contribution in [2.24, 2.45) is 0 Å². The molecule has 1 aliphatic heterocycles. The fourth-order valence-electron chi connectivity index (χ4n) is 2.99. The fourth-order valence-corrected chi connectivity index (χ4v) is 2.99. The Morgan fingerprint density at radius 3 is 2.92 bits per heavy atom. The maximum atomic E-state index is 12.3. The van der Waals surface area contributed by atoms with Crippen molar-refractivity contribution in [2.75, 3.05) is 6.54 Å². The molecule has 1 amide bonds. The summed E-state index contributed by atoms with van der Waals surface area (Å²) in [6.45, 7) is 3.28. The Morgan fingerprint density at radius 1 is 1.25 bits per heavy atom. The van der Waals surface area contributed by atoms with E-state index in [0.29, 0.717) is 37.0 Å². The zero-order valence-corrected chi connectivity index (χ0v) is 13.3. The van der Waals surface area contributed by atoms with Gasteiger partial charge in [0.25, 0.3) is 5.89 Å². The highest BCUT2D eigenvalue weighted by atomic mass is 16.5. The number of hydrogen-bond donors (Lipinski definition) is 0. The highest BCUT2D eigenvalue weighted by Gasteiger charge is 2.34. The van der Waals surface area contributed by atoms with Crippen LogP contribution in [0.15, 0.2) is 51.6 Å². The summed E-state index contributed by atoms with van der Waals surface area (Å²) >= 11 is 0. The van der Waals surface area contributed by atoms with Crippen LogP contribution in [-0.2, 0) is 11.3 Å². The molecule has 6 nitrogen and oxygen atoms in total. The van der Waals surface area contributed by atoms with E-state index in [1.807, 2.05) is 17.0 Å². The fraction of sp³-hybridized carbons (Fsp3) is 0.278. The molecular weight excluding hydrogens is 306 g/mol. The van der Waals surface area contributed by atoms with Gasteiger partial charge in [-0.3, -0.25) is 4.79 Å². The second-order valence-corrected chi connectivity index (χ2v) is 6.04. The Bertz CT molecular complexity index is 854. The summed E-state index contributed by atoms with van der Waals surface area (Å²) in [7, 11) is 0. The normalized spacial score (nSPS) is 17.6. The predicted molar refractivity (Wildman–Crippen MR) is 86.0 cm³/mol. The SMILES string of the molecule is Cc1ccccc1CN1C[C@@H](c2noc(-c3ccco3)n2)CC1=O. The van der Waals surface area contributed by atoms with Gasteiger partial charge >= 0.3 is 0 Å². The van der Waals surface area contributed by atoms with Crippen molar-refractivity contribution in [3.63, 3.8) is 0 Å². The standard InChI is InChI=1S/C18H17N3O3/c1-12-5-2-3-6-13(12)10-21-11-14(9-16(21)22)17-19-18(24-20-17)15-7-4-8-23-15/h2-8,14H,9-11H2,1H3/t14-/m0/s1. The topological polar surface area (TPSA) is 72.4 Å². The van der Waals surface area contributed by atoms with Crippen LogP contribution in [0.3, 0.4) is 0 Å². The lowest BCUT2D eigenvalue weighted by molar-refractivity contribution is -0.128. The second-order valence-electron chi connectivity index (χ2n) is 6.04. The molecule has 0 aliphatic carbocycles. The van der Waals surface area contributed by atoms with E-state index in [1.165, 1.54) is 5.56 Å². The third-order valence-corrected chi connectivity index (χ3v) is 4.38. The molecule has 4 rings (SSSR count). The van der Waals surface area contributed by atoms with Crippen molar-refractivity contribution in [3.8, 4) is 11.7 Å². The highest BCUT2D eigenvalue weighted by Crippen LogP contribution is 2.29. The summed E-state index contributed by atoms with van der Waals surface area (Å²) in [5, 5.41) is 4.02. The van der Waals surface area contributed by atoms with E-state index in [9.17, 15) is 4.79 Å². The van der Waals surface area contributed by atoms with Crippen molar-refractivity contribution in [2.45, 2.75) is 25.8 Å². The largest absolute Gasteiger partial charge is 0.459 e. The van der Waals surface area contributed by atoms with Crippen molar-refractivity contribution < 1.29 is 13.7 Å². The van der Waals surface area contributed by atoms with Crippen LogP contribution in [-0.4, -0.2) is 27.5 Å². The van der Waals surface area contributed by atoms with Crippen LogP contribution in [0.4, 0.5) is 0 Å². The van der Waals surface area contributed by atoms with E-state index in [4.69, 9.17) is 8.94 Å². The molecule has 0 spiro atoms. The van der Waals surface area contributed by atoms with Gasteiger partial charge < -0.3 is 13.8 Å². The molecule has 3 aromatic rings. The molecule has 24 heavy (non-hydrogen) atoms. The van der Waals surface area contributed by atoms with Crippen LogP contribution in [0, 0.1) is 6.92 Å². The van der Waals surface area contributed by atoms with Gasteiger partial charge in [0, 0.05) is 25.4 Å². The average Bonchev–Trinajstić information content (AvgIpc) is 3.30. The van der Waals surface area contributed by atoms with Crippen LogP contribution in [0.2, 0.25) is 0 Å². The molecule has 3 heterocycles. The number of hydrogen-bond acceptors (Lipinski definition) is 5. The molecule has 1 aliphatic rings. The smallest absolute Gasteiger partial charge is 0.293 e. The predicted octanol–water partition coefficient (Wildman–Crippen LogP) is 3.15. The number of furan rings is 1. The summed E-state index contributed by atoms with van der Waals surface area (Å²) in [4.78, 5) is 18.6.